The van der Waals surface area contributed by atoms with Crippen molar-refractivity contribution in [1.29, 1.82) is 0 Å². The van der Waals surface area contributed by atoms with Crippen LogP contribution in [0.25, 0.3) is 0 Å². The number of hydrogen-bond acceptors (Lipinski definition) is 4. The zero-order valence-electron chi connectivity index (χ0n) is 16.6. The van der Waals surface area contributed by atoms with Crippen LogP contribution in [0.2, 0.25) is 0 Å². The summed E-state index contributed by atoms with van der Waals surface area (Å²) in [5, 5.41) is 4.39. The lowest BCUT2D eigenvalue weighted by Crippen LogP contribution is -2.41. The number of aryl methyl sites for hydroxylation is 1. The van der Waals surface area contributed by atoms with E-state index >= 15 is 0 Å². The molecular formula is C21H23FN4O3S. The number of sulfonamides is 1. The van der Waals surface area contributed by atoms with E-state index in [2.05, 4.69) is 5.10 Å². The molecule has 0 unspecified atom stereocenters. The molecule has 30 heavy (non-hydrogen) atoms. The number of piperidine rings is 1. The lowest BCUT2D eigenvalue weighted by Gasteiger charge is -2.32. The Bertz CT molecular complexity index is 1200. The van der Waals surface area contributed by atoms with Gasteiger partial charge in [-0.2, -0.15) is 9.40 Å². The van der Waals surface area contributed by atoms with Gasteiger partial charge < -0.3 is 0 Å². The molecule has 4 rings (SSSR count). The van der Waals surface area contributed by atoms with E-state index in [1.54, 1.807) is 11.6 Å². The third-order valence-corrected chi connectivity index (χ3v) is 7.41. The molecule has 1 saturated heterocycles. The smallest absolute Gasteiger partial charge is 0.275 e. The minimum Gasteiger partial charge on any atom is -0.275 e. The van der Waals surface area contributed by atoms with Crippen LogP contribution >= 0.6 is 0 Å². The van der Waals surface area contributed by atoms with Crippen LogP contribution in [0.5, 0.6) is 0 Å². The molecule has 0 aliphatic carbocycles. The predicted molar refractivity (Wildman–Crippen MR) is 110 cm³/mol. The summed E-state index contributed by atoms with van der Waals surface area (Å²) in [5.41, 5.74) is 0.834. The first-order chi connectivity index (χ1) is 14.4. The van der Waals surface area contributed by atoms with Crippen molar-refractivity contribution in [1.82, 2.24) is 18.7 Å². The minimum atomic E-state index is -3.91. The van der Waals surface area contributed by atoms with Crippen molar-refractivity contribution < 1.29 is 12.8 Å². The van der Waals surface area contributed by atoms with Gasteiger partial charge in [0.05, 0.1) is 0 Å². The normalized spacial score (nSPS) is 16.1. The van der Waals surface area contributed by atoms with Crippen molar-refractivity contribution in [3.63, 3.8) is 0 Å². The van der Waals surface area contributed by atoms with E-state index < -0.39 is 15.8 Å². The zero-order chi connectivity index (χ0) is 21.3. The molecule has 158 valence electrons. The maximum Gasteiger partial charge on any atom is 0.345 e. The SMILES string of the molecule is Cn1nc(Cc2ccccc2)n(C2CCN(S(=O)(=O)c3ccccc3F)CC2)c1=O. The second-order valence-electron chi connectivity index (χ2n) is 7.42. The van der Waals surface area contributed by atoms with Gasteiger partial charge in [0, 0.05) is 32.6 Å². The lowest BCUT2D eigenvalue weighted by molar-refractivity contribution is 0.266. The van der Waals surface area contributed by atoms with Crippen LogP contribution in [0.3, 0.4) is 0 Å². The third kappa shape index (κ3) is 3.82. The van der Waals surface area contributed by atoms with Crippen molar-refractivity contribution in [2.45, 2.75) is 30.2 Å². The highest BCUT2D eigenvalue weighted by Crippen LogP contribution is 2.28. The fourth-order valence-corrected chi connectivity index (χ4v) is 5.46. The van der Waals surface area contributed by atoms with E-state index in [1.165, 1.54) is 27.2 Å². The van der Waals surface area contributed by atoms with Crippen LogP contribution < -0.4 is 5.69 Å². The van der Waals surface area contributed by atoms with Crippen LogP contribution in [0.4, 0.5) is 4.39 Å². The molecular weight excluding hydrogens is 407 g/mol. The fourth-order valence-electron chi connectivity index (χ4n) is 3.93. The van der Waals surface area contributed by atoms with E-state index in [1.807, 2.05) is 30.3 Å². The average Bonchev–Trinajstić information content (AvgIpc) is 3.02. The quantitative estimate of drug-likeness (QED) is 0.623. The Morgan fingerprint density at radius 2 is 1.67 bits per heavy atom. The Morgan fingerprint density at radius 1 is 1.03 bits per heavy atom. The molecule has 1 aromatic heterocycles. The molecule has 2 heterocycles. The van der Waals surface area contributed by atoms with Crippen LogP contribution in [0.1, 0.15) is 30.3 Å². The lowest BCUT2D eigenvalue weighted by atomic mass is 10.1. The number of rotatable bonds is 5. The molecule has 3 aromatic rings. The summed E-state index contributed by atoms with van der Waals surface area (Å²) in [6.45, 7) is 0.431. The maximum atomic E-state index is 14.0. The van der Waals surface area contributed by atoms with Crippen molar-refractivity contribution >= 4 is 10.0 Å². The molecule has 9 heteroatoms. The highest BCUT2D eigenvalue weighted by Gasteiger charge is 2.33. The Morgan fingerprint density at radius 3 is 2.33 bits per heavy atom. The minimum absolute atomic E-state index is 0.156. The maximum absolute atomic E-state index is 14.0. The highest BCUT2D eigenvalue weighted by atomic mass is 32.2. The third-order valence-electron chi connectivity index (χ3n) is 5.47. The van der Waals surface area contributed by atoms with Gasteiger partial charge in [0.1, 0.15) is 16.5 Å². The summed E-state index contributed by atoms with van der Waals surface area (Å²) in [4.78, 5) is 12.4. The van der Waals surface area contributed by atoms with Crippen LogP contribution in [-0.2, 0) is 23.5 Å². The van der Waals surface area contributed by atoms with Crippen molar-refractivity contribution in [2.24, 2.45) is 7.05 Å². The molecule has 0 N–H and O–H groups in total. The van der Waals surface area contributed by atoms with Crippen molar-refractivity contribution in [2.75, 3.05) is 13.1 Å². The van der Waals surface area contributed by atoms with Gasteiger partial charge in [-0.25, -0.2) is 22.3 Å². The van der Waals surface area contributed by atoms with Crippen LogP contribution in [0.15, 0.2) is 64.3 Å². The Kier molecular flexibility index (Phi) is 5.57. The number of aromatic nitrogens is 3. The summed E-state index contributed by atoms with van der Waals surface area (Å²) in [6, 6.07) is 15.0. The van der Waals surface area contributed by atoms with Gasteiger partial charge in [-0.05, 0) is 30.5 Å². The van der Waals surface area contributed by atoms with E-state index in [0.29, 0.717) is 25.1 Å². The molecule has 1 aliphatic heterocycles. The van der Waals surface area contributed by atoms with E-state index in [0.717, 1.165) is 11.6 Å². The molecule has 0 radical (unpaired) electrons. The Labute approximate surface area is 174 Å². The topological polar surface area (TPSA) is 77.2 Å². The summed E-state index contributed by atoms with van der Waals surface area (Å²) in [5.74, 6) is -0.0997. The summed E-state index contributed by atoms with van der Waals surface area (Å²) in [7, 11) is -2.30. The van der Waals surface area contributed by atoms with Gasteiger partial charge in [-0.1, -0.05) is 42.5 Å². The second kappa shape index (κ2) is 8.16. The Hall–Kier alpha value is -2.78. The molecule has 2 aromatic carbocycles. The van der Waals surface area contributed by atoms with Gasteiger partial charge in [-0.15, -0.1) is 0 Å². The molecule has 7 nitrogen and oxygen atoms in total. The van der Waals surface area contributed by atoms with Crippen molar-refractivity contribution in [3.8, 4) is 0 Å². The molecule has 0 bridgehead atoms. The first-order valence-corrected chi connectivity index (χ1v) is 11.2. The number of benzene rings is 2. The standard InChI is InChI=1S/C21H23FN4O3S/c1-24-21(27)26(20(23-24)15-16-7-3-2-4-8-16)17-11-13-25(14-12-17)30(28,29)19-10-6-5-9-18(19)22/h2-10,17H,11-15H2,1H3. The van der Waals surface area contributed by atoms with E-state index in [4.69, 9.17) is 0 Å². The monoisotopic (exact) mass is 430 g/mol. The van der Waals surface area contributed by atoms with E-state index in [-0.39, 0.29) is 29.7 Å². The van der Waals surface area contributed by atoms with Gasteiger partial charge in [0.2, 0.25) is 10.0 Å². The van der Waals surface area contributed by atoms with Gasteiger partial charge in [0.25, 0.3) is 0 Å². The molecule has 1 aliphatic rings. The van der Waals surface area contributed by atoms with Gasteiger partial charge in [0.15, 0.2) is 0 Å². The predicted octanol–water partition coefficient (Wildman–Crippen LogP) is 2.34. The van der Waals surface area contributed by atoms with E-state index in [9.17, 15) is 17.6 Å². The Balaban J connectivity index is 1.55. The number of nitrogens with zero attached hydrogens (tertiary/aromatic N) is 4. The van der Waals surface area contributed by atoms with Crippen LogP contribution in [0, 0.1) is 5.82 Å². The highest BCUT2D eigenvalue weighted by molar-refractivity contribution is 7.89. The van der Waals surface area contributed by atoms with Gasteiger partial charge in [-0.3, -0.25) is 4.57 Å². The molecule has 0 atom stereocenters. The zero-order valence-corrected chi connectivity index (χ0v) is 17.4. The number of hydrogen-bond donors (Lipinski definition) is 0. The molecule has 0 amide bonds. The van der Waals surface area contributed by atoms with Crippen molar-refractivity contribution in [3.05, 3.63) is 82.3 Å². The average molecular weight is 431 g/mol. The van der Waals surface area contributed by atoms with Gasteiger partial charge >= 0.3 is 5.69 Å². The largest absolute Gasteiger partial charge is 0.345 e. The first-order valence-electron chi connectivity index (χ1n) is 9.81. The summed E-state index contributed by atoms with van der Waals surface area (Å²) >= 11 is 0. The molecule has 0 saturated carbocycles. The molecule has 0 spiro atoms. The second-order valence-corrected chi connectivity index (χ2v) is 9.33. The summed E-state index contributed by atoms with van der Waals surface area (Å²) in [6.07, 6.45) is 1.44. The van der Waals surface area contributed by atoms with Crippen LogP contribution in [-0.4, -0.2) is 40.2 Å². The summed E-state index contributed by atoms with van der Waals surface area (Å²) < 4.78 is 44.0. The fraction of sp³-hybridized carbons (Fsp3) is 0.333. The number of halogens is 1. The first kappa shape index (κ1) is 20.5. The molecule has 1 fully saturated rings.